The molecular weight excluding hydrogens is 247 g/mol. The Kier molecular flexibility index (Phi) is 3.91. The van der Waals surface area contributed by atoms with E-state index in [1.54, 1.807) is 25.2 Å². The zero-order chi connectivity index (χ0) is 13.8. The summed E-state index contributed by atoms with van der Waals surface area (Å²) in [6.45, 7) is 0.416. The van der Waals surface area contributed by atoms with Gasteiger partial charge in [-0.2, -0.15) is 5.10 Å². The van der Waals surface area contributed by atoms with E-state index in [0.717, 1.165) is 5.56 Å². The number of halogens is 1. The lowest BCUT2D eigenvalue weighted by atomic mass is 10.1. The highest BCUT2D eigenvalue weighted by Gasteiger charge is 2.10. The molecule has 0 unspecified atom stereocenters. The van der Waals surface area contributed by atoms with Crippen molar-refractivity contribution in [2.45, 2.75) is 13.1 Å². The normalized spacial score (nSPS) is 10.5. The minimum absolute atomic E-state index is 0.126. The number of rotatable bonds is 4. The van der Waals surface area contributed by atoms with Crippen molar-refractivity contribution in [3.63, 3.8) is 0 Å². The lowest BCUT2D eigenvalue weighted by Crippen LogP contribution is -2.25. The van der Waals surface area contributed by atoms with Gasteiger partial charge in [-0.1, -0.05) is 12.1 Å². The standard InChI is InChI=1S/C13H15FN4O/c1-18-12(4-5-17-18)13(19)16-8-10-3-2-9(7-15)6-11(10)14/h2-6H,7-8,15H2,1H3,(H,16,19). The van der Waals surface area contributed by atoms with Gasteiger partial charge in [-0.05, 0) is 17.7 Å². The maximum atomic E-state index is 13.7. The van der Waals surface area contributed by atoms with Crippen molar-refractivity contribution in [1.29, 1.82) is 0 Å². The smallest absolute Gasteiger partial charge is 0.269 e. The first-order valence-electron chi connectivity index (χ1n) is 5.85. The van der Waals surface area contributed by atoms with Gasteiger partial charge in [0, 0.05) is 31.9 Å². The van der Waals surface area contributed by atoms with Crippen LogP contribution in [0, 0.1) is 5.82 Å². The average Bonchev–Trinajstić information content (AvgIpc) is 2.83. The molecule has 0 aliphatic carbocycles. The van der Waals surface area contributed by atoms with E-state index in [4.69, 9.17) is 5.73 Å². The summed E-state index contributed by atoms with van der Waals surface area (Å²) in [4.78, 5) is 11.8. The maximum absolute atomic E-state index is 13.7. The Labute approximate surface area is 110 Å². The molecule has 0 fully saturated rings. The third-order valence-electron chi connectivity index (χ3n) is 2.85. The van der Waals surface area contributed by atoms with Gasteiger partial charge in [0.15, 0.2) is 0 Å². The van der Waals surface area contributed by atoms with Crippen molar-refractivity contribution in [2.24, 2.45) is 12.8 Å². The van der Waals surface area contributed by atoms with Gasteiger partial charge < -0.3 is 11.1 Å². The van der Waals surface area contributed by atoms with Gasteiger partial charge in [0.1, 0.15) is 11.5 Å². The number of carbonyl (C=O) groups excluding carboxylic acids is 1. The summed E-state index contributed by atoms with van der Waals surface area (Å²) in [5, 5.41) is 6.55. The maximum Gasteiger partial charge on any atom is 0.269 e. The molecule has 2 rings (SSSR count). The van der Waals surface area contributed by atoms with Gasteiger partial charge in [0.05, 0.1) is 0 Å². The van der Waals surface area contributed by atoms with Crippen LogP contribution < -0.4 is 11.1 Å². The predicted octanol–water partition coefficient (Wildman–Crippen LogP) is 0.948. The molecule has 0 saturated carbocycles. The third kappa shape index (κ3) is 2.97. The first-order chi connectivity index (χ1) is 9.11. The lowest BCUT2D eigenvalue weighted by Gasteiger charge is -2.07. The van der Waals surface area contributed by atoms with E-state index in [0.29, 0.717) is 17.8 Å². The van der Waals surface area contributed by atoms with Crippen molar-refractivity contribution < 1.29 is 9.18 Å². The number of benzene rings is 1. The number of nitrogens with two attached hydrogens (primary N) is 1. The number of aryl methyl sites for hydroxylation is 1. The Bertz CT molecular complexity index is 594. The number of nitrogens with one attached hydrogen (secondary N) is 1. The van der Waals surface area contributed by atoms with Gasteiger partial charge in [0.25, 0.3) is 5.91 Å². The Morgan fingerprint density at radius 3 is 2.84 bits per heavy atom. The van der Waals surface area contributed by atoms with Crippen LogP contribution in [0.2, 0.25) is 0 Å². The highest BCUT2D eigenvalue weighted by molar-refractivity contribution is 5.92. The fraction of sp³-hybridized carbons (Fsp3) is 0.231. The average molecular weight is 262 g/mol. The number of hydrogen-bond acceptors (Lipinski definition) is 3. The van der Waals surface area contributed by atoms with Crippen LogP contribution >= 0.6 is 0 Å². The molecule has 2 aromatic rings. The molecule has 0 bridgehead atoms. The second-order valence-corrected chi connectivity index (χ2v) is 4.15. The first kappa shape index (κ1) is 13.2. The Morgan fingerprint density at radius 1 is 1.47 bits per heavy atom. The van der Waals surface area contributed by atoms with E-state index >= 15 is 0 Å². The third-order valence-corrected chi connectivity index (χ3v) is 2.85. The fourth-order valence-corrected chi connectivity index (χ4v) is 1.72. The summed E-state index contributed by atoms with van der Waals surface area (Å²) >= 11 is 0. The molecule has 6 heteroatoms. The molecule has 5 nitrogen and oxygen atoms in total. The van der Waals surface area contributed by atoms with E-state index in [-0.39, 0.29) is 18.3 Å². The molecule has 1 heterocycles. The molecular formula is C13H15FN4O. The van der Waals surface area contributed by atoms with Crippen LogP contribution in [0.25, 0.3) is 0 Å². The zero-order valence-electron chi connectivity index (χ0n) is 10.6. The number of amides is 1. The molecule has 1 aromatic carbocycles. The largest absolute Gasteiger partial charge is 0.347 e. The van der Waals surface area contributed by atoms with E-state index in [2.05, 4.69) is 10.4 Å². The van der Waals surface area contributed by atoms with Crippen LogP contribution in [0.4, 0.5) is 4.39 Å². The summed E-state index contributed by atoms with van der Waals surface area (Å²) in [5.41, 5.74) is 7.00. The van der Waals surface area contributed by atoms with Crippen molar-refractivity contribution in [3.8, 4) is 0 Å². The van der Waals surface area contributed by atoms with Crippen LogP contribution in [0.1, 0.15) is 21.6 Å². The highest BCUT2D eigenvalue weighted by Crippen LogP contribution is 2.10. The van der Waals surface area contributed by atoms with Gasteiger partial charge in [-0.3, -0.25) is 9.48 Å². The summed E-state index contributed by atoms with van der Waals surface area (Å²) in [5.74, 6) is -0.657. The van der Waals surface area contributed by atoms with Gasteiger partial charge in [-0.15, -0.1) is 0 Å². The number of nitrogens with zero attached hydrogens (tertiary/aromatic N) is 2. The molecule has 0 atom stereocenters. The van der Waals surface area contributed by atoms with E-state index in [1.807, 2.05) is 0 Å². The number of hydrogen-bond donors (Lipinski definition) is 2. The highest BCUT2D eigenvalue weighted by atomic mass is 19.1. The molecule has 0 spiro atoms. The molecule has 1 amide bonds. The SMILES string of the molecule is Cn1nccc1C(=O)NCc1ccc(CN)cc1F. The predicted molar refractivity (Wildman–Crippen MR) is 68.7 cm³/mol. The van der Waals surface area contributed by atoms with Gasteiger partial charge in [-0.25, -0.2) is 4.39 Å². The molecule has 100 valence electrons. The Hall–Kier alpha value is -2.21. The van der Waals surface area contributed by atoms with E-state index in [9.17, 15) is 9.18 Å². The van der Waals surface area contributed by atoms with Crippen LogP contribution in [-0.2, 0) is 20.1 Å². The molecule has 0 aliphatic rings. The van der Waals surface area contributed by atoms with Crippen molar-refractivity contribution in [3.05, 3.63) is 53.1 Å². The second kappa shape index (κ2) is 5.62. The molecule has 0 radical (unpaired) electrons. The van der Waals surface area contributed by atoms with Crippen LogP contribution in [0.3, 0.4) is 0 Å². The monoisotopic (exact) mass is 262 g/mol. The Morgan fingerprint density at radius 2 is 2.26 bits per heavy atom. The van der Waals surface area contributed by atoms with Crippen LogP contribution in [0.5, 0.6) is 0 Å². The lowest BCUT2D eigenvalue weighted by molar-refractivity contribution is 0.0941. The fourth-order valence-electron chi connectivity index (χ4n) is 1.72. The van der Waals surface area contributed by atoms with Gasteiger partial charge in [0.2, 0.25) is 0 Å². The van der Waals surface area contributed by atoms with E-state index in [1.165, 1.54) is 16.9 Å². The first-order valence-corrected chi connectivity index (χ1v) is 5.85. The summed E-state index contributed by atoms with van der Waals surface area (Å²) < 4.78 is 15.1. The molecule has 0 aliphatic heterocycles. The topological polar surface area (TPSA) is 72.9 Å². The Balaban J connectivity index is 2.03. The van der Waals surface area contributed by atoms with Crippen LogP contribution in [-0.4, -0.2) is 15.7 Å². The summed E-state index contributed by atoms with van der Waals surface area (Å²) in [7, 11) is 1.67. The van der Waals surface area contributed by atoms with Gasteiger partial charge >= 0.3 is 0 Å². The molecule has 3 N–H and O–H groups in total. The zero-order valence-corrected chi connectivity index (χ0v) is 10.6. The minimum Gasteiger partial charge on any atom is -0.347 e. The molecule has 19 heavy (non-hydrogen) atoms. The number of aromatic nitrogens is 2. The number of carbonyl (C=O) groups is 1. The van der Waals surface area contributed by atoms with Crippen molar-refractivity contribution in [2.75, 3.05) is 0 Å². The second-order valence-electron chi connectivity index (χ2n) is 4.15. The minimum atomic E-state index is -0.367. The van der Waals surface area contributed by atoms with Crippen LogP contribution in [0.15, 0.2) is 30.5 Å². The summed E-state index contributed by atoms with van der Waals surface area (Å²) in [6, 6.07) is 6.35. The van der Waals surface area contributed by atoms with Crippen molar-refractivity contribution >= 4 is 5.91 Å². The quantitative estimate of drug-likeness (QED) is 0.861. The van der Waals surface area contributed by atoms with E-state index < -0.39 is 0 Å². The molecule has 1 aromatic heterocycles. The molecule has 0 saturated heterocycles. The summed E-state index contributed by atoms with van der Waals surface area (Å²) in [6.07, 6.45) is 1.53. The van der Waals surface area contributed by atoms with Crippen molar-refractivity contribution in [1.82, 2.24) is 15.1 Å².